The summed E-state index contributed by atoms with van der Waals surface area (Å²) in [6.07, 6.45) is -4.64. The summed E-state index contributed by atoms with van der Waals surface area (Å²) in [5.74, 6) is -0.403. The molecule has 0 fully saturated rings. The first kappa shape index (κ1) is 12.7. The van der Waals surface area contributed by atoms with Crippen LogP contribution in [0, 0.1) is 0 Å². The highest BCUT2D eigenvalue weighted by Gasteiger charge is 2.40. The zero-order chi connectivity index (χ0) is 10.7. The number of hydrogen-bond donors (Lipinski definition) is 2. The molecule has 0 aliphatic rings. The van der Waals surface area contributed by atoms with Gasteiger partial charge in [0.25, 0.3) is 0 Å². The summed E-state index contributed by atoms with van der Waals surface area (Å²) in [6, 6.07) is -2.20. The Morgan fingerprint density at radius 1 is 1.46 bits per heavy atom. The Morgan fingerprint density at radius 3 is 2.15 bits per heavy atom. The molecule has 0 aromatic carbocycles. The quantitative estimate of drug-likeness (QED) is 0.690. The molecular weight excluding hydrogens is 209 g/mol. The van der Waals surface area contributed by atoms with E-state index in [2.05, 4.69) is 0 Å². The number of hydrogen-bond acceptors (Lipinski definition) is 3. The summed E-state index contributed by atoms with van der Waals surface area (Å²) in [4.78, 5) is 0. The van der Waals surface area contributed by atoms with Crippen molar-refractivity contribution in [2.45, 2.75) is 19.1 Å². The Balaban J connectivity index is 4.49. The SMILES string of the molecule is CCS(=O)(=O)NC(CN)C(F)(F)F. The predicted octanol–water partition coefficient (Wildman–Crippen LogP) is -0.185. The van der Waals surface area contributed by atoms with E-state index >= 15 is 0 Å². The predicted molar refractivity (Wildman–Crippen MR) is 41.5 cm³/mol. The standard InChI is InChI=1S/C5H11F3N2O2S/c1-2-13(11,12)10-4(3-9)5(6,7)8/h4,10H,2-3,9H2,1H3. The zero-order valence-corrected chi connectivity index (χ0v) is 7.74. The summed E-state index contributed by atoms with van der Waals surface area (Å²) in [6.45, 7) is 0.439. The molecule has 0 spiro atoms. The second-order valence-electron chi connectivity index (χ2n) is 2.35. The average Bonchev–Trinajstić information content (AvgIpc) is 1.98. The highest BCUT2D eigenvalue weighted by Crippen LogP contribution is 2.19. The van der Waals surface area contributed by atoms with Gasteiger partial charge < -0.3 is 5.73 Å². The molecule has 0 heterocycles. The van der Waals surface area contributed by atoms with Gasteiger partial charge in [-0.2, -0.15) is 13.2 Å². The molecule has 0 rings (SSSR count). The summed E-state index contributed by atoms with van der Waals surface area (Å²) >= 11 is 0. The van der Waals surface area contributed by atoms with Crippen LogP contribution in [0.25, 0.3) is 0 Å². The van der Waals surface area contributed by atoms with Crippen molar-refractivity contribution < 1.29 is 21.6 Å². The number of halogens is 3. The van der Waals surface area contributed by atoms with Crippen LogP contribution in [-0.4, -0.2) is 32.9 Å². The van der Waals surface area contributed by atoms with Crippen LogP contribution >= 0.6 is 0 Å². The van der Waals surface area contributed by atoms with E-state index in [0.29, 0.717) is 0 Å². The molecular formula is C5H11F3N2O2S. The minimum absolute atomic E-state index is 0.403. The van der Waals surface area contributed by atoms with E-state index in [0.717, 1.165) is 0 Å². The maximum Gasteiger partial charge on any atom is 0.406 e. The van der Waals surface area contributed by atoms with Crippen molar-refractivity contribution in [1.82, 2.24) is 4.72 Å². The summed E-state index contributed by atoms with van der Waals surface area (Å²) in [5.41, 5.74) is 4.77. The fourth-order valence-electron chi connectivity index (χ4n) is 0.549. The van der Waals surface area contributed by atoms with Gasteiger partial charge in [-0.15, -0.1) is 0 Å². The number of sulfonamides is 1. The van der Waals surface area contributed by atoms with Crippen molar-refractivity contribution >= 4 is 10.0 Å². The molecule has 80 valence electrons. The zero-order valence-electron chi connectivity index (χ0n) is 6.93. The third kappa shape index (κ3) is 4.44. The third-order valence-electron chi connectivity index (χ3n) is 1.33. The van der Waals surface area contributed by atoms with Crippen LogP contribution in [0.4, 0.5) is 13.2 Å². The van der Waals surface area contributed by atoms with Gasteiger partial charge in [-0.1, -0.05) is 0 Å². The molecule has 0 saturated carbocycles. The summed E-state index contributed by atoms with van der Waals surface area (Å²) in [7, 11) is -3.86. The van der Waals surface area contributed by atoms with Crippen molar-refractivity contribution in [3.8, 4) is 0 Å². The number of alkyl halides is 3. The highest BCUT2D eigenvalue weighted by molar-refractivity contribution is 7.89. The molecule has 0 saturated heterocycles. The van der Waals surface area contributed by atoms with E-state index in [9.17, 15) is 21.6 Å². The Hall–Kier alpha value is -0.340. The van der Waals surface area contributed by atoms with Gasteiger partial charge in [-0.05, 0) is 6.92 Å². The third-order valence-corrected chi connectivity index (χ3v) is 2.74. The highest BCUT2D eigenvalue weighted by atomic mass is 32.2. The van der Waals surface area contributed by atoms with Gasteiger partial charge in [0, 0.05) is 6.54 Å². The normalized spacial score (nSPS) is 15.8. The number of rotatable bonds is 4. The first-order chi connectivity index (χ1) is 5.73. The second kappa shape index (κ2) is 4.25. The molecule has 1 unspecified atom stereocenters. The molecule has 4 nitrogen and oxygen atoms in total. The topological polar surface area (TPSA) is 72.2 Å². The van der Waals surface area contributed by atoms with E-state index in [-0.39, 0.29) is 0 Å². The molecule has 0 aromatic rings. The van der Waals surface area contributed by atoms with Gasteiger partial charge in [0.05, 0.1) is 5.75 Å². The smallest absolute Gasteiger partial charge is 0.329 e. The largest absolute Gasteiger partial charge is 0.406 e. The first-order valence-corrected chi connectivity index (χ1v) is 5.15. The molecule has 0 aliphatic carbocycles. The minimum Gasteiger partial charge on any atom is -0.329 e. The molecule has 3 N–H and O–H groups in total. The van der Waals surface area contributed by atoms with Crippen LogP contribution in [0.1, 0.15) is 6.92 Å². The lowest BCUT2D eigenvalue weighted by atomic mass is 10.3. The molecule has 0 radical (unpaired) electrons. The fourth-order valence-corrected chi connectivity index (χ4v) is 1.38. The number of nitrogens with one attached hydrogen (secondary N) is 1. The van der Waals surface area contributed by atoms with E-state index < -0.39 is 34.5 Å². The van der Waals surface area contributed by atoms with Gasteiger partial charge in [-0.25, -0.2) is 13.1 Å². The molecule has 0 aliphatic heterocycles. The molecule has 0 bridgehead atoms. The summed E-state index contributed by atoms with van der Waals surface area (Å²) < 4.78 is 58.9. The van der Waals surface area contributed by atoms with Crippen molar-refractivity contribution in [1.29, 1.82) is 0 Å². The lowest BCUT2D eigenvalue weighted by Crippen LogP contribution is -2.50. The lowest BCUT2D eigenvalue weighted by Gasteiger charge is -2.19. The monoisotopic (exact) mass is 220 g/mol. The lowest BCUT2D eigenvalue weighted by molar-refractivity contribution is -0.148. The molecule has 1 atom stereocenters. The number of nitrogens with two attached hydrogens (primary N) is 1. The first-order valence-electron chi connectivity index (χ1n) is 3.49. The van der Waals surface area contributed by atoms with Crippen LogP contribution in [0.15, 0.2) is 0 Å². The van der Waals surface area contributed by atoms with Crippen LogP contribution < -0.4 is 10.5 Å². The van der Waals surface area contributed by atoms with Crippen molar-refractivity contribution in [3.63, 3.8) is 0 Å². The van der Waals surface area contributed by atoms with E-state index in [1.165, 1.54) is 11.6 Å². The van der Waals surface area contributed by atoms with Gasteiger partial charge in [-0.3, -0.25) is 0 Å². The van der Waals surface area contributed by atoms with Gasteiger partial charge >= 0.3 is 6.18 Å². The van der Waals surface area contributed by atoms with Gasteiger partial charge in [0.2, 0.25) is 10.0 Å². The minimum atomic E-state index is -4.64. The Morgan fingerprint density at radius 2 is 1.92 bits per heavy atom. The average molecular weight is 220 g/mol. The van der Waals surface area contributed by atoms with Crippen LogP contribution in [-0.2, 0) is 10.0 Å². The van der Waals surface area contributed by atoms with Gasteiger partial charge in [0.1, 0.15) is 6.04 Å². The Labute approximate surface area is 74.3 Å². The molecule has 0 aromatic heterocycles. The maximum atomic E-state index is 12.0. The van der Waals surface area contributed by atoms with Crippen molar-refractivity contribution in [3.05, 3.63) is 0 Å². The summed E-state index contributed by atoms with van der Waals surface area (Å²) in [5, 5.41) is 0. The molecule has 0 amide bonds. The van der Waals surface area contributed by atoms with E-state index in [1.807, 2.05) is 0 Å². The molecule has 13 heavy (non-hydrogen) atoms. The van der Waals surface area contributed by atoms with E-state index in [4.69, 9.17) is 5.73 Å². The van der Waals surface area contributed by atoms with Crippen molar-refractivity contribution in [2.75, 3.05) is 12.3 Å². The van der Waals surface area contributed by atoms with Crippen molar-refractivity contribution in [2.24, 2.45) is 5.73 Å². The van der Waals surface area contributed by atoms with Crippen LogP contribution in [0.3, 0.4) is 0 Å². The van der Waals surface area contributed by atoms with Gasteiger partial charge in [0.15, 0.2) is 0 Å². The second-order valence-corrected chi connectivity index (χ2v) is 4.39. The fraction of sp³-hybridized carbons (Fsp3) is 1.00. The van der Waals surface area contributed by atoms with E-state index in [1.54, 1.807) is 0 Å². The molecule has 8 heteroatoms. The van der Waals surface area contributed by atoms with Crippen LogP contribution in [0.5, 0.6) is 0 Å². The Kier molecular flexibility index (Phi) is 4.14. The maximum absolute atomic E-state index is 12.0. The van der Waals surface area contributed by atoms with Crippen LogP contribution in [0.2, 0.25) is 0 Å². The Bertz CT molecular complexity index is 249.